The van der Waals surface area contributed by atoms with Crippen LogP contribution in [0.5, 0.6) is 0 Å². The van der Waals surface area contributed by atoms with Crippen LogP contribution in [0.25, 0.3) is 11.4 Å². The van der Waals surface area contributed by atoms with Gasteiger partial charge in [-0.3, -0.25) is 0 Å². The standard InChI is InChI=1S/C16H11F4N3O2S/c1-26(24,11-5-3-2-4-6-11)23-13-8-7-10(9-12(13)17)14-21-15(25-22-14)16(18,19)20/h2-9H,1H3. The summed E-state index contributed by atoms with van der Waals surface area (Å²) in [6, 6.07) is 11.7. The van der Waals surface area contributed by atoms with Crippen molar-refractivity contribution < 1.29 is 26.3 Å². The van der Waals surface area contributed by atoms with Gasteiger partial charge in [0.2, 0.25) is 5.82 Å². The third kappa shape index (κ3) is 3.74. The van der Waals surface area contributed by atoms with Gasteiger partial charge in [-0.15, -0.1) is 0 Å². The van der Waals surface area contributed by atoms with Gasteiger partial charge in [-0.25, -0.2) is 8.60 Å². The lowest BCUT2D eigenvalue weighted by Gasteiger charge is -2.05. The van der Waals surface area contributed by atoms with Gasteiger partial charge in [-0.1, -0.05) is 23.4 Å². The Labute approximate surface area is 145 Å². The van der Waals surface area contributed by atoms with E-state index in [-0.39, 0.29) is 11.3 Å². The molecule has 0 spiro atoms. The van der Waals surface area contributed by atoms with E-state index in [0.717, 1.165) is 6.07 Å². The Balaban J connectivity index is 1.97. The van der Waals surface area contributed by atoms with E-state index in [0.29, 0.717) is 4.90 Å². The van der Waals surface area contributed by atoms with Crippen molar-refractivity contribution in [2.45, 2.75) is 11.1 Å². The SMILES string of the molecule is CS(=O)(=Nc1ccc(-c2noc(C(F)(F)F)n2)cc1F)c1ccccc1. The van der Waals surface area contributed by atoms with E-state index in [1.165, 1.54) is 18.4 Å². The Kier molecular flexibility index (Phi) is 4.53. The van der Waals surface area contributed by atoms with E-state index in [1.54, 1.807) is 30.3 Å². The number of rotatable bonds is 3. The van der Waals surface area contributed by atoms with Gasteiger partial charge in [-0.05, 0) is 30.3 Å². The predicted molar refractivity (Wildman–Crippen MR) is 85.6 cm³/mol. The maximum absolute atomic E-state index is 14.3. The number of hydrogen-bond donors (Lipinski definition) is 0. The van der Waals surface area contributed by atoms with Crippen molar-refractivity contribution >= 4 is 15.4 Å². The first-order valence-electron chi connectivity index (χ1n) is 7.15. The number of aromatic nitrogens is 2. The highest BCUT2D eigenvalue weighted by Gasteiger charge is 2.38. The summed E-state index contributed by atoms with van der Waals surface area (Å²) in [7, 11) is -2.89. The summed E-state index contributed by atoms with van der Waals surface area (Å²) < 4.78 is 72.5. The molecule has 0 N–H and O–H groups in total. The van der Waals surface area contributed by atoms with Gasteiger partial charge in [0, 0.05) is 16.7 Å². The molecule has 1 aromatic heterocycles. The topological polar surface area (TPSA) is 68.3 Å². The maximum Gasteiger partial charge on any atom is 0.471 e. The quantitative estimate of drug-likeness (QED) is 0.614. The zero-order valence-electron chi connectivity index (χ0n) is 13.2. The second-order valence-electron chi connectivity index (χ2n) is 5.29. The van der Waals surface area contributed by atoms with E-state index in [1.807, 2.05) is 0 Å². The molecule has 3 rings (SSSR count). The van der Waals surface area contributed by atoms with Gasteiger partial charge >= 0.3 is 12.1 Å². The van der Waals surface area contributed by atoms with E-state index in [2.05, 4.69) is 19.0 Å². The van der Waals surface area contributed by atoms with E-state index in [4.69, 9.17) is 0 Å². The molecule has 10 heteroatoms. The summed E-state index contributed by atoms with van der Waals surface area (Å²) in [5, 5.41) is 3.19. The van der Waals surface area contributed by atoms with Crippen molar-refractivity contribution in [3.05, 3.63) is 60.2 Å². The van der Waals surface area contributed by atoms with Crippen LogP contribution >= 0.6 is 0 Å². The Morgan fingerprint density at radius 3 is 2.38 bits per heavy atom. The van der Waals surface area contributed by atoms with Crippen LogP contribution in [0, 0.1) is 5.82 Å². The highest BCUT2D eigenvalue weighted by molar-refractivity contribution is 7.93. The van der Waals surface area contributed by atoms with Gasteiger partial charge in [-0.2, -0.15) is 22.5 Å². The average Bonchev–Trinajstić information content (AvgIpc) is 3.08. The minimum Gasteiger partial charge on any atom is -0.329 e. The molecule has 1 heterocycles. The molecule has 0 aliphatic carbocycles. The third-order valence-corrected chi connectivity index (χ3v) is 5.02. The molecule has 136 valence electrons. The molecule has 26 heavy (non-hydrogen) atoms. The summed E-state index contributed by atoms with van der Waals surface area (Å²) in [6.45, 7) is 0. The fourth-order valence-corrected chi connectivity index (χ4v) is 3.38. The Morgan fingerprint density at radius 1 is 1.12 bits per heavy atom. The molecule has 3 aromatic rings. The second kappa shape index (κ2) is 6.52. The minimum absolute atomic E-state index is 0.0250. The fraction of sp³-hybridized carbons (Fsp3) is 0.125. The smallest absolute Gasteiger partial charge is 0.329 e. The summed E-state index contributed by atoms with van der Waals surface area (Å²) in [6.07, 6.45) is -3.42. The molecule has 0 radical (unpaired) electrons. The maximum atomic E-state index is 14.3. The lowest BCUT2D eigenvalue weighted by Crippen LogP contribution is -2.04. The van der Waals surface area contributed by atoms with Crippen LogP contribution in [-0.2, 0) is 15.9 Å². The number of nitrogens with zero attached hydrogens (tertiary/aromatic N) is 3. The van der Waals surface area contributed by atoms with Gasteiger partial charge in [0.05, 0.1) is 9.73 Å². The average molecular weight is 385 g/mol. The molecular weight excluding hydrogens is 374 g/mol. The highest BCUT2D eigenvalue weighted by Crippen LogP contribution is 2.31. The molecule has 5 nitrogen and oxygen atoms in total. The summed E-state index contributed by atoms with van der Waals surface area (Å²) in [4.78, 5) is 3.62. The van der Waals surface area contributed by atoms with Crippen LogP contribution in [0.4, 0.5) is 23.2 Å². The molecule has 1 unspecified atom stereocenters. The largest absolute Gasteiger partial charge is 0.471 e. The Bertz CT molecular complexity index is 1050. The summed E-state index contributed by atoms with van der Waals surface area (Å²) in [5.41, 5.74) is -0.215. The van der Waals surface area contributed by atoms with Crippen molar-refractivity contribution in [3.63, 3.8) is 0 Å². The zero-order valence-corrected chi connectivity index (χ0v) is 14.0. The van der Waals surface area contributed by atoms with Crippen molar-refractivity contribution in [2.75, 3.05) is 6.26 Å². The zero-order chi connectivity index (χ0) is 18.9. The summed E-state index contributed by atoms with van der Waals surface area (Å²) in [5.74, 6) is -2.81. The Morgan fingerprint density at radius 2 is 1.81 bits per heavy atom. The van der Waals surface area contributed by atoms with Crippen molar-refractivity contribution in [1.29, 1.82) is 0 Å². The first-order chi connectivity index (χ1) is 12.2. The van der Waals surface area contributed by atoms with Crippen LogP contribution in [0.15, 0.2) is 62.3 Å². The molecule has 0 saturated carbocycles. The monoisotopic (exact) mass is 385 g/mol. The summed E-state index contributed by atoms with van der Waals surface area (Å²) >= 11 is 0. The minimum atomic E-state index is -4.79. The third-order valence-electron chi connectivity index (χ3n) is 3.33. The van der Waals surface area contributed by atoms with Gasteiger partial charge in [0.1, 0.15) is 11.5 Å². The van der Waals surface area contributed by atoms with Gasteiger partial charge in [0.25, 0.3) is 0 Å². The van der Waals surface area contributed by atoms with E-state index in [9.17, 15) is 21.8 Å². The first kappa shape index (κ1) is 18.1. The van der Waals surface area contributed by atoms with Crippen LogP contribution in [0.1, 0.15) is 5.89 Å². The van der Waals surface area contributed by atoms with E-state index < -0.39 is 33.4 Å². The molecule has 0 fully saturated rings. The van der Waals surface area contributed by atoms with Gasteiger partial charge in [0.15, 0.2) is 0 Å². The molecule has 0 amide bonds. The molecule has 0 bridgehead atoms. The number of alkyl halides is 3. The van der Waals surface area contributed by atoms with Crippen molar-refractivity contribution in [2.24, 2.45) is 4.36 Å². The Hall–Kier alpha value is -2.75. The molecule has 0 saturated heterocycles. The number of halogens is 4. The van der Waals surface area contributed by atoms with Crippen molar-refractivity contribution in [3.8, 4) is 11.4 Å². The van der Waals surface area contributed by atoms with Crippen LogP contribution < -0.4 is 0 Å². The highest BCUT2D eigenvalue weighted by atomic mass is 32.2. The van der Waals surface area contributed by atoms with Crippen LogP contribution in [0.3, 0.4) is 0 Å². The molecule has 1 atom stereocenters. The van der Waals surface area contributed by atoms with Crippen molar-refractivity contribution in [1.82, 2.24) is 10.1 Å². The second-order valence-corrected chi connectivity index (χ2v) is 7.55. The number of hydrogen-bond acceptors (Lipinski definition) is 5. The van der Waals surface area contributed by atoms with Gasteiger partial charge < -0.3 is 4.52 Å². The van der Waals surface area contributed by atoms with Crippen LogP contribution in [0.2, 0.25) is 0 Å². The molecule has 0 aliphatic heterocycles. The number of benzene rings is 2. The lowest BCUT2D eigenvalue weighted by atomic mass is 10.2. The first-order valence-corrected chi connectivity index (χ1v) is 9.07. The molecule has 2 aromatic carbocycles. The van der Waals surface area contributed by atoms with Crippen LogP contribution in [-0.4, -0.2) is 20.6 Å². The normalized spacial score (nSPS) is 14.0. The molecular formula is C16H11F4N3O2S. The fourth-order valence-electron chi connectivity index (χ4n) is 2.09. The predicted octanol–water partition coefficient (Wildman–Crippen LogP) is 4.68. The lowest BCUT2D eigenvalue weighted by molar-refractivity contribution is -0.159. The van der Waals surface area contributed by atoms with E-state index >= 15 is 0 Å². The molecule has 0 aliphatic rings.